The highest BCUT2D eigenvalue weighted by Gasteiger charge is 2.30. The Morgan fingerprint density at radius 3 is 2.78 bits per heavy atom. The Kier molecular flexibility index (Phi) is 3.45. The molecule has 1 saturated heterocycles. The maximum absolute atomic E-state index is 11.5. The SMILES string of the molecule is CCCn1cc(NC2CC(=O)NC2=O)ccc1=O. The first-order valence-corrected chi connectivity index (χ1v) is 5.91. The molecule has 0 bridgehead atoms. The van der Waals surface area contributed by atoms with Gasteiger partial charge in [-0.3, -0.25) is 19.7 Å². The van der Waals surface area contributed by atoms with Crippen LogP contribution in [0.3, 0.4) is 0 Å². The molecule has 1 unspecified atom stereocenters. The Bertz CT molecular complexity index is 536. The van der Waals surface area contributed by atoms with E-state index in [1.807, 2.05) is 6.92 Å². The van der Waals surface area contributed by atoms with Gasteiger partial charge in [0.1, 0.15) is 6.04 Å². The number of hydrogen-bond donors (Lipinski definition) is 2. The van der Waals surface area contributed by atoms with Crippen molar-refractivity contribution in [3.05, 3.63) is 28.7 Å². The fourth-order valence-corrected chi connectivity index (χ4v) is 1.90. The van der Waals surface area contributed by atoms with Gasteiger partial charge in [0.2, 0.25) is 11.8 Å². The maximum atomic E-state index is 11.5. The van der Waals surface area contributed by atoms with E-state index in [-0.39, 0.29) is 23.8 Å². The quantitative estimate of drug-likeness (QED) is 0.741. The van der Waals surface area contributed by atoms with Gasteiger partial charge in [-0.05, 0) is 12.5 Å². The number of rotatable bonds is 4. The van der Waals surface area contributed by atoms with E-state index < -0.39 is 6.04 Å². The number of imide groups is 1. The van der Waals surface area contributed by atoms with Crippen molar-refractivity contribution in [3.63, 3.8) is 0 Å². The molecule has 1 aliphatic heterocycles. The average Bonchev–Trinajstić information content (AvgIpc) is 2.62. The molecular formula is C12H15N3O3. The topological polar surface area (TPSA) is 80.2 Å². The Balaban J connectivity index is 2.14. The number of carbonyl (C=O) groups is 2. The molecule has 1 aromatic heterocycles. The third-order valence-electron chi connectivity index (χ3n) is 2.76. The van der Waals surface area contributed by atoms with Gasteiger partial charge in [-0.1, -0.05) is 6.92 Å². The second-order valence-electron chi connectivity index (χ2n) is 4.26. The van der Waals surface area contributed by atoms with Crippen LogP contribution in [0.25, 0.3) is 0 Å². The van der Waals surface area contributed by atoms with Crippen LogP contribution in [0.5, 0.6) is 0 Å². The fourth-order valence-electron chi connectivity index (χ4n) is 1.90. The number of hydrogen-bond acceptors (Lipinski definition) is 4. The Morgan fingerprint density at radius 1 is 1.39 bits per heavy atom. The summed E-state index contributed by atoms with van der Waals surface area (Å²) in [6.45, 7) is 2.61. The van der Waals surface area contributed by atoms with E-state index in [1.54, 1.807) is 16.8 Å². The zero-order valence-corrected chi connectivity index (χ0v) is 10.1. The van der Waals surface area contributed by atoms with Crippen molar-refractivity contribution in [1.29, 1.82) is 0 Å². The number of aromatic nitrogens is 1. The molecule has 2 amide bonds. The molecule has 2 rings (SSSR count). The first-order valence-electron chi connectivity index (χ1n) is 5.91. The molecular weight excluding hydrogens is 234 g/mol. The minimum absolute atomic E-state index is 0.0747. The zero-order valence-electron chi connectivity index (χ0n) is 10.1. The zero-order chi connectivity index (χ0) is 13.1. The van der Waals surface area contributed by atoms with Crippen LogP contribution in [0.15, 0.2) is 23.1 Å². The van der Waals surface area contributed by atoms with Crippen LogP contribution in [0.2, 0.25) is 0 Å². The number of nitrogens with one attached hydrogen (secondary N) is 2. The van der Waals surface area contributed by atoms with E-state index in [0.717, 1.165) is 6.42 Å². The van der Waals surface area contributed by atoms with E-state index in [4.69, 9.17) is 0 Å². The van der Waals surface area contributed by atoms with Crippen molar-refractivity contribution in [2.75, 3.05) is 5.32 Å². The van der Waals surface area contributed by atoms with E-state index in [9.17, 15) is 14.4 Å². The summed E-state index contributed by atoms with van der Waals surface area (Å²) in [6.07, 6.45) is 2.65. The number of anilines is 1. The van der Waals surface area contributed by atoms with Crippen LogP contribution >= 0.6 is 0 Å². The van der Waals surface area contributed by atoms with Crippen LogP contribution < -0.4 is 16.2 Å². The minimum atomic E-state index is -0.551. The molecule has 0 saturated carbocycles. The van der Waals surface area contributed by atoms with Gasteiger partial charge in [0, 0.05) is 18.8 Å². The van der Waals surface area contributed by atoms with Crippen molar-refractivity contribution in [1.82, 2.24) is 9.88 Å². The summed E-state index contributed by atoms with van der Waals surface area (Å²) in [5.74, 6) is -0.604. The predicted molar refractivity (Wildman–Crippen MR) is 66.2 cm³/mol. The van der Waals surface area contributed by atoms with Gasteiger partial charge in [-0.25, -0.2) is 0 Å². The molecule has 6 nitrogen and oxygen atoms in total. The Labute approximate surface area is 104 Å². The van der Waals surface area contributed by atoms with Gasteiger partial charge >= 0.3 is 0 Å². The monoisotopic (exact) mass is 249 g/mol. The third-order valence-corrected chi connectivity index (χ3v) is 2.76. The molecule has 18 heavy (non-hydrogen) atoms. The predicted octanol–water partition coefficient (Wildman–Crippen LogP) is 0.0853. The lowest BCUT2D eigenvalue weighted by atomic mass is 10.2. The van der Waals surface area contributed by atoms with Crippen molar-refractivity contribution in [2.45, 2.75) is 32.4 Å². The summed E-state index contributed by atoms with van der Waals surface area (Å²) in [6, 6.07) is 2.52. The third kappa shape index (κ3) is 2.58. The summed E-state index contributed by atoms with van der Waals surface area (Å²) in [7, 11) is 0. The number of carbonyl (C=O) groups excluding carboxylic acids is 2. The molecule has 1 atom stereocenters. The molecule has 0 aromatic carbocycles. The van der Waals surface area contributed by atoms with Gasteiger partial charge in [-0.15, -0.1) is 0 Å². The largest absolute Gasteiger partial charge is 0.372 e. The van der Waals surface area contributed by atoms with Crippen molar-refractivity contribution >= 4 is 17.5 Å². The highest BCUT2D eigenvalue weighted by Crippen LogP contribution is 2.11. The molecule has 1 aliphatic rings. The van der Waals surface area contributed by atoms with Crippen molar-refractivity contribution in [3.8, 4) is 0 Å². The van der Waals surface area contributed by atoms with Crippen LogP contribution in [-0.2, 0) is 16.1 Å². The standard InChI is InChI=1S/C12H15N3O3/c1-2-5-15-7-8(3-4-11(15)17)13-9-6-10(16)14-12(9)18/h3-4,7,9,13H,2,5-6H2,1H3,(H,14,16,18). The van der Waals surface area contributed by atoms with Gasteiger partial charge < -0.3 is 9.88 Å². The lowest BCUT2D eigenvalue weighted by molar-refractivity contribution is -0.124. The molecule has 0 radical (unpaired) electrons. The summed E-state index contributed by atoms with van der Waals surface area (Å²) in [5, 5.41) is 5.18. The molecule has 1 aromatic rings. The fraction of sp³-hybridized carbons (Fsp3) is 0.417. The van der Waals surface area contributed by atoms with Crippen LogP contribution in [0, 0.1) is 0 Å². The highest BCUT2D eigenvalue weighted by atomic mass is 16.2. The van der Waals surface area contributed by atoms with Crippen LogP contribution in [0.4, 0.5) is 5.69 Å². The Hall–Kier alpha value is -2.11. The summed E-state index contributed by atoms with van der Waals surface area (Å²) < 4.78 is 1.58. The van der Waals surface area contributed by atoms with Crippen molar-refractivity contribution in [2.24, 2.45) is 0 Å². The normalized spacial score (nSPS) is 18.8. The van der Waals surface area contributed by atoms with E-state index in [2.05, 4.69) is 10.6 Å². The smallest absolute Gasteiger partial charge is 0.250 e. The summed E-state index contributed by atoms with van der Waals surface area (Å²) >= 11 is 0. The minimum Gasteiger partial charge on any atom is -0.372 e. The van der Waals surface area contributed by atoms with Gasteiger partial charge in [0.25, 0.3) is 5.56 Å². The van der Waals surface area contributed by atoms with Gasteiger partial charge in [0.15, 0.2) is 0 Å². The number of pyridine rings is 1. The van der Waals surface area contributed by atoms with E-state index in [0.29, 0.717) is 12.2 Å². The Morgan fingerprint density at radius 2 is 2.17 bits per heavy atom. The number of amides is 2. The van der Waals surface area contributed by atoms with Gasteiger partial charge in [0.05, 0.1) is 12.1 Å². The molecule has 0 aliphatic carbocycles. The maximum Gasteiger partial charge on any atom is 0.250 e. The molecule has 2 N–H and O–H groups in total. The van der Waals surface area contributed by atoms with E-state index in [1.165, 1.54) is 6.07 Å². The molecule has 0 spiro atoms. The van der Waals surface area contributed by atoms with Crippen LogP contribution in [-0.4, -0.2) is 22.4 Å². The van der Waals surface area contributed by atoms with Crippen LogP contribution in [0.1, 0.15) is 19.8 Å². The second kappa shape index (κ2) is 5.03. The first kappa shape index (κ1) is 12.3. The molecule has 2 heterocycles. The van der Waals surface area contributed by atoms with Crippen molar-refractivity contribution < 1.29 is 9.59 Å². The summed E-state index contributed by atoms with van der Waals surface area (Å²) in [5.41, 5.74) is 0.590. The number of aryl methyl sites for hydroxylation is 1. The first-order chi connectivity index (χ1) is 8.60. The van der Waals surface area contributed by atoms with E-state index >= 15 is 0 Å². The molecule has 1 fully saturated rings. The average molecular weight is 249 g/mol. The lowest BCUT2D eigenvalue weighted by Gasteiger charge is -2.12. The second-order valence-corrected chi connectivity index (χ2v) is 4.26. The highest BCUT2D eigenvalue weighted by molar-refractivity contribution is 6.06. The lowest BCUT2D eigenvalue weighted by Crippen LogP contribution is -2.30. The van der Waals surface area contributed by atoms with Gasteiger partial charge in [-0.2, -0.15) is 0 Å². The number of nitrogens with zero attached hydrogens (tertiary/aromatic N) is 1. The molecule has 96 valence electrons. The molecule has 6 heteroatoms. The summed E-state index contributed by atoms with van der Waals surface area (Å²) in [4.78, 5) is 34.0.